The van der Waals surface area contributed by atoms with Crippen LogP contribution in [0.25, 0.3) is 0 Å². The van der Waals surface area contributed by atoms with E-state index in [4.69, 9.17) is 11.6 Å². The van der Waals surface area contributed by atoms with Gasteiger partial charge in [0.15, 0.2) is 0 Å². The SMILES string of the molecule is CC(N=O)c1cc(C(=O)Nc2ccc(C3CCCCC3)cc2)cc(F)c1Cl. The van der Waals surface area contributed by atoms with Crippen LogP contribution in [0.5, 0.6) is 0 Å². The number of benzene rings is 2. The molecule has 1 amide bonds. The van der Waals surface area contributed by atoms with Gasteiger partial charge in [-0.1, -0.05) is 48.2 Å². The zero-order valence-electron chi connectivity index (χ0n) is 15.2. The van der Waals surface area contributed by atoms with Gasteiger partial charge in [0.2, 0.25) is 0 Å². The summed E-state index contributed by atoms with van der Waals surface area (Å²) in [5.41, 5.74) is 2.22. The first-order valence-electron chi connectivity index (χ1n) is 9.22. The van der Waals surface area contributed by atoms with Crippen LogP contribution in [0.15, 0.2) is 41.6 Å². The number of carbonyl (C=O) groups excluding carboxylic acids is 1. The molecule has 142 valence electrons. The first-order valence-corrected chi connectivity index (χ1v) is 9.60. The molecule has 3 rings (SSSR count). The highest BCUT2D eigenvalue weighted by Gasteiger charge is 2.19. The molecule has 0 aliphatic heterocycles. The summed E-state index contributed by atoms with van der Waals surface area (Å²) >= 11 is 5.89. The van der Waals surface area contributed by atoms with E-state index >= 15 is 0 Å². The molecule has 0 radical (unpaired) electrons. The number of rotatable bonds is 5. The Kier molecular flexibility index (Phi) is 6.22. The Morgan fingerprint density at radius 3 is 2.48 bits per heavy atom. The lowest BCUT2D eigenvalue weighted by Crippen LogP contribution is -2.13. The molecule has 27 heavy (non-hydrogen) atoms. The fourth-order valence-corrected chi connectivity index (χ4v) is 3.85. The molecule has 2 aromatic carbocycles. The highest BCUT2D eigenvalue weighted by Crippen LogP contribution is 2.33. The monoisotopic (exact) mass is 388 g/mol. The second-order valence-corrected chi connectivity index (χ2v) is 7.43. The summed E-state index contributed by atoms with van der Waals surface area (Å²) in [5, 5.41) is 5.44. The van der Waals surface area contributed by atoms with Crippen molar-refractivity contribution >= 4 is 23.2 Å². The third kappa shape index (κ3) is 4.53. The highest BCUT2D eigenvalue weighted by molar-refractivity contribution is 6.31. The second-order valence-electron chi connectivity index (χ2n) is 7.05. The van der Waals surface area contributed by atoms with E-state index in [-0.39, 0.29) is 16.1 Å². The number of hydrogen-bond donors (Lipinski definition) is 1. The standard InChI is InChI=1S/C21H22ClFN2O2/c1-13(25-27)18-11-16(12-19(23)20(18)22)21(26)24-17-9-7-15(8-10-17)14-5-3-2-4-6-14/h7-14H,2-6H2,1H3,(H,24,26). The Morgan fingerprint density at radius 2 is 1.85 bits per heavy atom. The number of anilines is 1. The van der Waals surface area contributed by atoms with Gasteiger partial charge in [0.05, 0.1) is 5.02 Å². The van der Waals surface area contributed by atoms with Gasteiger partial charge in [-0.2, -0.15) is 4.91 Å². The molecule has 0 aromatic heterocycles. The Hall–Kier alpha value is -2.27. The Bertz CT molecular complexity index is 833. The van der Waals surface area contributed by atoms with Gasteiger partial charge >= 0.3 is 0 Å². The molecule has 0 spiro atoms. The van der Waals surface area contributed by atoms with Crippen LogP contribution in [0, 0.1) is 10.7 Å². The van der Waals surface area contributed by atoms with E-state index in [1.165, 1.54) is 50.7 Å². The first-order chi connectivity index (χ1) is 13.0. The topological polar surface area (TPSA) is 58.5 Å². The van der Waals surface area contributed by atoms with E-state index in [0.717, 1.165) is 6.07 Å². The van der Waals surface area contributed by atoms with Crippen molar-refractivity contribution in [1.82, 2.24) is 0 Å². The van der Waals surface area contributed by atoms with Crippen molar-refractivity contribution in [1.29, 1.82) is 0 Å². The van der Waals surface area contributed by atoms with Crippen LogP contribution < -0.4 is 5.32 Å². The van der Waals surface area contributed by atoms with Crippen LogP contribution in [0.1, 0.15) is 72.5 Å². The van der Waals surface area contributed by atoms with E-state index in [0.29, 0.717) is 11.6 Å². The summed E-state index contributed by atoms with van der Waals surface area (Å²) in [5.74, 6) is -0.619. The normalized spacial score (nSPS) is 16.0. The lowest BCUT2D eigenvalue weighted by atomic mass is 9.84. The first kappa shape index (κ1) is 19.5. The number of amides is 1. The lowest BCUT2D eigenvalue weighted by molar-refractivity contribution is 0.102. The maximum Gasteiger partial charge on any atom is 0.255 e. The fraction of sp³-hybridized carbons (Fsp3) is 0.381. The van der Waals surface area contributed by atoms with Crippen LogP contribution >= 0.6 is 11.6 Å². The van der Waals surface area contributed by atoms with E-state index in [2.05, 4.69) is 10.5 Å². The largest absolute Gasteiger partial charge is 0.322 e. The second kappa shape index (κ2) is 8.61. The molecule has 1 aliphatic rings. The zero-order valence-corrected chi connectivity index (χ0v) is 15.9. The van der Waals surface area contributed by atoms with Gasteiger partial charge in [0.25, 0.3) is 5.91 Å². The van der Waals surface area contributed by atoms with Crippen molar-refractivity contribution in [2.45, 2.75) is 51.0 Å². The summed E-state index contributed by atoms with van der Waals surface area (Å²) in [7, 11) is 0. The predicted octanol–water partition coefficient (Wildman–Crippen LogP) is 6.61. The van der Waals surface area contributed by atoms with Gasteiger partial charge in [-0.25, -0.2) is 4.39 Å². The van der Waals surface area contributed by atoms with Crippen molar-refractivity contribution in [3.8, 4) is 0 Å². The predicted molar refractivity (Wildman–Crippen MR) is 106 cm³/mol. The minimum absolute atomic E-state index is 0.0961. The molecule has 0 bridgehead atoms. The third-order valence-corrected chi connectivity index (χ3v) is 5.57. The van der Waals surface area contributed by atoms with Crippen LogP contribution in [0.2, 0.25) is 5.02 Å². The minimum Gasteiger partial charge on any atom is -0.322 e. The van der Waals surface area contributed by atoms with Crippen molar-refractivity contribution in [2.75, 3.05) is 5.32 Å². The average Bonchev–Trinajstić information content (AvgIpc) is 2.70. The van der Waals surface area contributed by atoms with E-state index in [1.54, 1.807) is 0 Å². The van der Waals surface area contributed by atoms with Crippen molar-refractivity contribution < 1.29 is 9.18 Å². The molecule has 2 aromatic rings. The van der Waals surface area contributed by atoms with Crippen LogP contribution in [0.4, 0.5) is 10.1 Å². The van der Waals surface area contributed by atoms with Crippen molar-refractivity contribution in [2.24, 2.45) is 5.18 Å². The molecule has 1 unspecified atom stereocenters. The Balaban J connectivity index is 1.75. The fourth-order valence-electron chi connectivity index (χ4n) is 3.58. The maximum atomic E-state index is 14.0. The summed E-state index contributed by atoms with van der Waals surface area (Å²) in [6, 6.07) is 9.44. The number of nitrogens with zero attached hydrogens (tertiary/aromatic N) is 1. The average molecular weight is 389 g/mol. The summed E-state index contributed by atoms with van der Waals surface area (Å²) in [6.07, 6.45) is 6.26. The Labute approximate surface area is 163 Å². The Morgan fingerprint density at radius 1 is 1.19 bits per heavy atom. The van der Waals surface area contributed by atoms with Gasteiger partial charge in [-0.3, -0.25) is 4.79 Å². The zero-order chi connectivity index (χ0) is 19.4. The number of carbonyl (C=O) groups is 1. The molecular formula is C21H22ClFN2O2. The maximum absolute atomic E-state index is 14.0. The van der Waals surface area contributed by atoms with Gasteiger partial charge in [0, 0.05) is 16.8 Å². The van der Waals surface area contributed by atoms with E-state index in [9.17, 15) is 14.1 Å². The van der Waals surface area contributed by atoms with E-state index < -0.39 is 17.8 Å². The van der Waals surface area contributed by atoms with E-state index in [1.807, 2.05) is 24.3 Å². The molecule has 0 heterocycles. The minimum atomic E-state index is -0.838. The summed E-state index contributed by atoms with van der Waals surface area (Å²) in [4.78, 5) is 23.3. The molecule has 1 fully saturated rings. The number of halogens is 2. The van der Waals surface area contributed by atoms with Crippen molar-refractivity contribution in [3.63, 3.8) is 0 Å². The van der Waals surface area contributed by atoms with Crippen LogP contribution in [0.3, 0.4) is 0 Å². The molecule has 4 nitrogen and oxygen atoms in total. The molecule has 1 aliphatic carbocycles. The molecular weight excluding hydrogens is 367 g/mol. The van der Waals surface area contributed by atoms with Gasteiger partial charge in [-0.05, 0) is 55.5 Å². The quantitative estimate of drug-likeness (QED) is 0.586. The van der Waals surface area contributed by atoms with Crippen LogP contribution in [-0.4, -0.2) is 5.91 Å². The summed E-state index contributed by atoms with van der Waals surface area (Å²) in [6.45, 7) is 1.50. The number of hydrogen-bond acceptors (Lipinski definition) is 3. The molecule has 1 N–H and O–H groups in total. The summed E-state index contributed by atoms with van der Waals surface area (Å²) < 4.78 is 14.0. The highest BCUT2D eigenvalue weighted by atomic mass is 35.5. The van der Waals surface area contributed by atoms with Gasteiger partial charge in [0.1, 0.15) is 11.9 Å². The molecule has 1 saturated carbocycles. The molecule has 0 saturated heterocycles. The molecule has 1 atom stereocenters. The lowest BCUT2D eigenvalue weighted by Gasteiger charge is -2.22. The van der Waals surface area contributed by atoms with Crippen molar-refractivity contribution in [3.05, 3.63) is 68.8 Å². The smallest absolute Gasteiger partial charge is 0.255 e. The van der Waals surface area contributed by atoms with Gasteiger partial charge < -0.3 is 5.32 Å². The van der Waals surface area contributed by atoms with Crippen LogP contribution in [-0.2, 0) is 0 Å². The molecule has 6 heteroatoms. The van der Waals surface area contributed by atoms with Gasteiger partial charge in [-0.15, -0.1) is 0 Å². The third-order valence-electron chi connectivity index (χ3n) is 5.17. The number of nitroso groups, excluding NO2 is 1. The number of nitrogens with one attached hydrogen (secondary N) is 1.